The van der Waals surface area contributed by atoms with Crippen molar-refractivity contribution in [3.8, 4) is 0 Å². The van der Waals surface area contributed by atoms with Gasteiger partial charge in [0.2, 0.25) is 5.91 Å². The molecule has 16 heavy (non-hydrogen) atoms. The van der Waals surface area contributed by atoms with E-state index in [0.29, 0.717) is 0 Å². The van der Waals surface area contributed by atoms with Crippen LogP contribution in [0.3, 0.4) is 0 Å². The van der Waals surface area contributed by atoms with Gasteiger partial charge in [-0.2, -0.15) is 0 Å². The van der Waals surface area contributed by atoms with Crippen LogP contribution in [0.2, 0.25) is 0 Å². The van der Waals surface area contributed by atoms with E-state index in [9.17, 15) is 9.59 Å². The quantitative estimate of drug-likeness (QED) is 0.529. The number of carboxylic acids is 1. The molecule has 0 saturated heterocycles. The van der Waals surface area contributed by atoms with Gasteiger partial charge in [-0.1, -0.05) is 13.0 Å². The highest BCUT2D eigenvalue weighted by atomic mass is 16.4. The first-order valence-electron chi connectivity index (χ1n) is 5.37. The van der Waals surface area contributed by atoms with Gasteiger partial charge in [0.1, 0.15) is 6.04 Å². The lowest BCUT2D eigenvalue weighted by Crippen LogP contribution is -2.42. The van der Waals surface area contributed by atoms with Crippen LogP contribution in [-0.2, 0) is 9.59 Å². The molecule has 0 fully saturated rings. The van der Waals surface area contributed by atoms with E-state index in [4.69, 9.17) is 5.11 Å². The molecule has 0 aromatic heterocycles. The van der Waals surface area contributed by atoms with E-state index in [2.05, 4.69) is 17.2 Å². The zero-order valence-corrected chi connectivity index (χ0v) is 9.82. The van der Waals surface area contributed by atoms with Gasteiger partial charge in [-0.3, -0.25) is 4.79 Å². The second kappa shape index (κ2) is 7.87. The molecular formula is C11H20N2O3. The molecule has 0 aliphatic carbocycles. The third kappa shape index (κ3) is 6.19. The van der Waals surface area contributed by atoms with Crippen molar-refractivity contribution in [2.45, 2.75) is 38.8 Å². The summed E-state index contributed by atoms with van der Waals surface area (Å²) in [6, 6.07) is -0.831. The molecule has 0 bridgehead atoms. The average molecular weight is 228 g/mol. The molecule has 5 heteroatoms. The van der Waals surface area contributed by atoms with Gasteiger partial charge in [0.25, 0.3) is 0 Å². The van der Waals surface area contributed by atoms with Gasteiger partial charge < -0.3 is 15.7 Å². The Morgan fingerprint density at radius 2 is 2.12 bits per heavy atom. The van der Waals surface area contributed by atoms with Crippen molar-refractivity contribution in [1.82, 2.24) is 10.6 Å². The smallest absolute Gasteiger partial charge is 0.326 e. The van der Waals surface area contributed by atoms with Crippen molar-refractivity contribution in [2.75, 3.05) is 6.54 Å². The van der Waals surface area contributed by atoms with Crippen LogP contribution in [0.4, 0.5) is 0 Å². The van der Waals surface area contributed by atoms with E-state index >= 15 is 0 Å². The normalized spacial score (nSPS) is 13.9. The lowest BCUT2D eigenvalue weighted by atomic mass is 10.1. The van der Waals surface area contributed by atoms with E-state index in [1.54, 1.807) is 0 Å². The minimum absolute atomic E-state index is 0.0446. The zero-order chi connectivity index (χ0) is 12.6. The molecular weight excluding hydrogens is 208 g/mol. The fraction of sp³-hybridized carbons (Fsp3) is 0.636. The maximum absolute atomic E-state index is 11.5. The van der Waals surface area contributed by atoms with Gasteiger partial charge in [-0.05, 0) is 19.9 Å². The van der Waals surface area contributed by atoms with Gasteiger partial charge in [0.15, 0.2) is 0 Å². The molecule has 0 saturated carbocycles. The van der Waals surface area contributed by atoms with E-state index in [0.717, 1.165) is 6.54 Å². The van der Waals surface area contributed by atoms with Crippen molar-refractivity contribution in [1.29, 1.82) is 0 Å². The number of rotatable bonds is 8. The highest BCUT2D eigenvalue weighted by Crippen LogP contribution is 1.96. The number of amides is 1. The van der Waals surface area contributed by atoms with Gasteiger partial charge in [0, 0.05) is 12.5 Å². The predicted molar refractivity (Wildman–Crippen MR) is 62.1 cm³/mol. The molecule has 0 rings (SSSR count). The zero-order valence-electron chi connectivity index (χ0n) is 9.82. The standard InChI is InChI=1S/C11H20N2O3/c1-4-6-9(11(15)16)13-10(14)7-8(3)12-5-2/h4,8-9,12H,1,5-7H2,2-3H3,(H,13,14)(H,15,16). The van der Waals surface area contributed by atoms with Gasteiger partial charge in [-0.25, -0.2) is 4.79 Å². The second-order valence-corrected chi connectivity index (χ2v) is 3.65. The average Bonchev–Trinajstić information content (AvgIpc) is 2.16. The molecule has 0 aromatic rings. The molecule has 0 aliphatic rings. The number of hydrogen-bond acceptors (Lipinski definition) is 3. The van der Waals surface area contributed by atoms with E-state index in [-0.39, 0.29) is 24.8 Å². The molecule has 0 radical (unpaired) electrons. The Labute approximate surface area is 95.9 Å². The van der Waals surface area contributed by atoms with Crippen LogP contribution in [0, 0.1) is 0 Å². The summed E-state index contributed by atoms with van der Waals surface area (Å²) >= 11 is 0. The van der Waals surface area contributed by atoms with Crippen molar-refractivity contribution in [3.05, 3.63) is 12.7 Å². The maximum Gasteiger partial charge on any atom is 0.326 e. The van der Waals surface area contributed by atoms with Crippen LogP contribution in [0.15, 0.2) is 12.7 Å². The van der Waals surface area contributed by atoms with E-state index < -0.39 is 12.0 Å². The minimum Gasteiger partial charge on any atom is -0.480 e. The fourth-order valence-corrected chi connectivity index (χ4v) is 1.34. The summed E-state index contributed by atoms with van der Waals surface area (Å²) in [6.45, 7) is 8.07. The Bertz CT molecular complexity index is 254. The van der Waals surface area contributed by atoms with Crippen LogP contribution in [0.25, 0.3) is 0 Å². The summed E-state index contributed by atoms with van der Waals surface area (Å²) in [5, 5.41) is 14.4. The molecule has 92 valence electrons. The first-order valence-corrected chi connectivity index (χ1v) is 5.37. The highest BCUT2D eigenvalue weighted by Gasteiger charge is 2.18. The Morgan fingerprint density at radius 1 is 1.50 bits per heavy atom. The number of hydrogen-bond donors (Lipinski definition) is 3. The molecule has 0 aliphatic heterocycles. The van der Waals surface area contributed by atoms with Crippen molar-refractivity contribution < 1.29 is 14.7 Å². The first-order chi connectivity index (χ1) is 7.51. The topological polar surface area (TPSA) is 78.4 Å². The van der Waals surface area contributed by atoms with E-state index in [1.807, 2.05) is 13.8 Å². The Kier molecular flexibility index (Phi) is 7.20. The molecule has 5 nitrogen and oxygen atoms in total. The number of carbonyl (C=O) groups is 2. The summed E-state index contributed by atoms with van der Waals surface area (Å²) in [6.07, 6.45) is 1.98. The second-order valence-electron chi connectivity index (χ2n) is 3.65. The molecule has 1 amide bonds. The minimum atomic E-state index is -1.04. The lowest BCUT2D eigenvalue weighted by Gasteiger charge is -2.15. The fourth-order valence-electron chi connectivity index (χ4n) is 1.34. The number of nitrogens with one attached hydrogen (secondary N) is 2. The molecule has 2 atom stereocenters. The van der Waals surface area contributed by atoms with Crippen LogP contribution in [-0.4, -0.2) is 35.6 Å². The molecule has 0 heterocycles. The largest absolute Gasteiger partial charge is 0.480 e. The number of aliphatic carboxylic acids is 1. The van der Waals surface area contributed by atoms with Crippen molar-refractivity contribution >= 4 is 11.9 Å². The summed E-state index contributed by atoms with van der Waals surface area (Å²) in [7, 11) is 0. The molecule has 3 N–H and O–H groups in total. The summed E-state index contributed by atoms with van der Waals surface area (Å²) in [4.78, 5) is 22.2. The van der Waals surface area contributed by atoms with Crippen LogP contribution >= 0.6 is 0 Å². The lowest BCUT2D eigenvalue weighted by molar-refractivity contribution is -0.141. The summed E-state index contributed by atoms with van der Waals surface area (Å²) < 4.78 is 0. The Balaban J connectivity index is 4.09. The molecule has 0 spiro atoms. The van der Waals surface area contributed by atoms with Crippen molar-refractivity contribution in [3.63, 3.8) is 0 Å². The number of carboxylic acid groups (broad SMARTS) is 1. The van der Waals surface area contributed by atoms with Gasteiger partial charge in [0.05, 0.1) is 0 Å². The summed E-state index contributed by atoms with van der Waals surface area (Å²) in [5.41, 5.74) is 0. The maximum atomic E-state index is 11.5. The third-order valence-corrected chi connectivity index (χ3v) is 2.08. The van der Waals surface area contributed by atoms with Crippen LogP contribution in [0.1, 0.15) is 26.7 Å². The Morgan fingerprint density at radius 3 is 2.56 bits per heavy atom. The van der Waals surface area contributed by atoms with Gasteiger partial charge in [-0.15, -0.1) is 6.58 Å². The molecule has 0 aromatic carbocycles. The number of carbonyl (C=O) groups excluding carboxylic acids is 1. The van der Waals surface area contributed by atoms with Crippen LogP contribution in [0.5, 0.6) is 0 Å². The molecule has 2 unspecified atom stereocenters. The predicted octanol–water partition coefficient (Wildman–Crippen LogP) is 0.520. The first kappa shape index (κ1) is 14.6. The third-order valence-electron chi connectivity index (χ3n) is 2.08. The van der Waals surface area contributed by atoms with Gasteiger partial charge >= 0.3 is 5.97 Å². The SMILES string of the molecule is C=CCC(NC(=O)CC(C)NCC)C(=O)O. The summed E-state index contributed by atoms with van der Waals surface area (Å²) in [5.74, 6) is -1.30. The van der Waals surface area contributed by atoms with Crippen LogP contribution < -0.4 is 10.6 Å². The highest BCUT2D eigenvalue weighted by molar-refractivity contribution is 5.83. The Hall–Kier alpha value is -1.36. The van der Waals surface area contributed by atoms with Crippen molar-refractivity contribution in [2.24, 2.45) is 0 Å². The van der Waals surface area contributed by atoms with E-state index in [1.165, 1.54) is 6.08 Å². The monoisotopic (exact) mass is 228 g/mol.